The monoisotopic (exact) mass is 321 g/mol. The van der Waals surface area contributed by atoms with Crippen LogP contribution in [-0.2, 0) is 0 Å². The predicted molar refractivity (Wildman–Crippen MR) is 89.5 cm³/mol. The zero-order valence-corrected chi connectivity index (χ0v) is 12.9. The van der Waals surface area contributed by atoms with E-state index in [1.165, 1.54) is 6.33 Å². The molecule has 3 rings (SSSR count). The largest absolute Gasteiger partial charge is 0.364 e. The number of amides is 2. The van der Waals surface area contributed by atoms with Crippen molar-refractivity contribution in [3.8, 4) is 11.3 Å². The standard InChI is InChI=1S/C17H15N5O2/c1-10-6-7-19-13(8-10)22-17(24)12-4-2-11(3-5-12)14-15(16(18)23)21-9-20-14/h2-9H,1H3,(H2,18,23)(H,20,21)(H,19,22,24). The number of H-pyrrole nitrogens is 1. The number of imidazole rings is 1. The zero-order chi connectivity index (χ0) is 17.1. The number of nitrogens with one attached hydrogen (secondary N) is 2. The highest BCUT2D eigenvalue weighted by atomic mass is 16.2. The first kappa shape index (κ1) is 15.4. The average Bonchev–Trinajstić information content (AvgIpc) is 3.05. The van der Waals surface area contributed by atoms with E-state index in [2.05, 4.69) is 20.3 Å². The molecule has 24 heavy (non-hydrogen) atoms. The molecule has 0 saturated heterocycles. The van der Waals surface area contributed by atoms with Gasteiger partial charge in [-0.2, -0.15) is 0 Å². The van der Waals surface area contributed by atoms with E-state index in [0.29, 0.717) is 22.6 Å². The second kappa shape index (κ2) is 6.33. The van der Waals surface area contributed by atoms with Crippen molar-refractivity contribution in [2.45, 2.75) is 6.92 Å². The van der Waals surface area contributed by atoms with Crippen molar-refractivity contribution in [3.05, 3.63) is 65.7 Å². The third-order valence-corrected chi connectivity index (χ3v) is 3.46. The zero-order valence-electron chi connectivity index (χ0n) is 12.9. The number of nitrogens with zero attached hydrogens (tertiary/aromatic N) is 2. The first-order valence-corrected chi connectivity index (χ1v) is 7.22. The summed E-state index contributed by atoms with van der Waals surface area (Å²) in [6.07, 6.45) is 3.04. The fourth-order valence-electron chi connectivity index (χ4n) is 2.27. The Morgan fingerprint density at radius 3 is 2.54 bits per heavy atom. The molecule has 0 saturated carbocycles. The number of hydrogen-bond acceptors (Lipinski definition) is 4. The van der Waals surface area contributed by atoms with Crippen molar-refractivity contribution in [3.63, 3.8) is 0 Å². The van der Waals surface area contributed by atoms with Gasteiger partial charge in [0.2, 0.25) is 0 Å². The van der Waals surface area contributed by atoms with Crippen LogP contribution >= 0.6 is 0 Å². The van der Waals surface area contributed by atoms with Gasteiger partial charge in [0.1, 0.15) is 17.2 Å². The molecule has 2 amide bonds. The molecule has 7 nitrogen and oxygen atoms in total. The maximum absolute atomic E-state index is 12.3. The lowest BCUT2D eigenvalue weighted by Crippen LogP contribution is -2.13. The Bertz CT molecular complexity index is 899. The highest BCUT2D eigenvalue weighted by molar-refractivity contribution is 6.04. The lowest BCUT2D eigenvalue weighted by molar-refractivity contribution is 0.0994. The third-order valence-electron chi connectivity index (χ3n) is 3.46. The van der Waals surface area contributed by atoms with E-state index in [0.717, 1.165) is 5.56 Å². The van der Waals surface area contributed by atoms with Gasteiger partial charge in [-0.15, -0.1) is 0 Å². The molecule has 0 aliphatic carbocycles. The Hall–Kier alpha value is -3.48. The number of aromatic amines is 1. The second-order valence-electron chi connectivity index (χ2n) is 5.24. The van der Waals surface area contributed by atoms with Gasteiger partial charge in [0.05, 0.1) is 6.33 Å². The van der Waals surface area contributed by atoms with Crippen LogP contribution in [0.3, 0.4) is 0 Å². The van der Waals surface area contributed by atoms with Gasteiger partial charge in [-0.3, -0.25) is 9.59 Å². The fraction of sp³-hybridized carbons (Fsp3) is 0.0588. The van der Waals surface area contributed by atoms with Crippen molar-refractivity contribution < 1.29 is 9.59 Å². The van der Waals surface area contributed by atoms with E-state index in [9.17, 15) is 9.59 Å². The number of nitrogens with two attached hydrogens (primary N) is 1. The number of aryl methyl sites for hydroxylation is 1. The molecule has 1 aromatic carbocycles. The number of hydrogen-bond donors (Lipinski definition) is 3. The van der Waals surface area contributed by atoms with E-state index >= 15 is 0 Å². The topological polar surface area (TPSA) is 114 Å². The lowest BCUT2D eigenvalue weighted by atomic mass is 10.1. The van der Waals surface area contributed by atoms with E-state index in [-0.39, 0.29) is 11.6 Å². The molecule has 0 aliphatic heterocycles. The van der Waals surface area contributed by atoms with Crippen LogP contribution in [0, 0.1) is 6.92 Å². The van der Waals surface area contributed by atoms with Crippen LogP contribution in [0.1, 0.15) is 26.4 Å². The van der Waals surface area contributed by atoms with Gasteiger partial charge >= 0.3 is 0 Å². The summed E-state index contributed by atoms with van der Waals surface area (Å²) in [5.74, 6) is -0.362. The molecular formula is C17H15N5O2. The van der Waals surface area contributed by atoms with E-state index < -0.39 is 5.91 Å². The molecule has 0 radical (unpaired) electrons. The van der Waals surface area contributed by atoms with Crippen LogP contribution < -0.4 is 11.1 Å². The van der Waals surface area contributed by atoms with Gasteiger partial charge in [-0.05, 0) is 36.8 Å². The van der Waals surface area contributed by atoms with Crippen molar-refractivity contribution in [2.24, 2.45) is 5.73 Å². The van der Waals surface area contributed by atoms with E-state index in [1.54, 1.807) is 36.5 Å². The van der Waals surface area contributed by atoms with Crippen LogP contribution in [0.15, 0.2) is 48.9 Å². The second-order valence-corrected chi connectivity index (χ2v) is 5.24. The molecule has 0 aliphatic rings. The summed E-state index contributed by atoms with van der Waals surface area (Å²) < 4.78 is 0. The molecule has 2 heterocycles. The quantitative estimate of drug-likeness (QED) is 0.683. The first-order chi connectivity index (χ1) is 11.5. The van der Waals surface area contributed by atoms with Gasteiger partial charge < -0.3 is 16.0 Å². The number of rotatable bonds is 4. The summed E-state index contributed by atoms with van der Waals surface area (Å²) in [4.78, 5) is 34.5. The van der Waals surface area contributed by atoms with Crippen LogP contribution in [-0.4, -0.2) is 26.8 Å². The molecule has 4 N–H and O–H groups in total. The Kier molecular flexibility index (Phi) is 4.07. The summed E-state index contributed by atoms with van der Waals surface area (Å²) >= 11 is 0. The molecule has 0 spiro atoms. The number of benzene rings is 1. The molecule has 2 aromatic heterocycles. The summed E-state index contributed by atoms with van der Waals surface area (Å²) in [5.41, 5.74) is 8.15. The third kappa shape index (κ3) is 3.14. The molecule has 0 bridgehead atoms. The maximum atomic E-state index is 12.3. The van der Waals surface area contributed by atoms with Crippen LogP contribution in [0.2, 0.25) is 0 Å². The minimum atomic E-state index is -0.588. The molecule has 3 aromatic rings. The Labute approximate surface area is 138 Å². The minimum absolute atomic E-state index is 0.233. The molecule has 7 heteroatoms. The number of carbonyl (C=O) groups is 2. The van der Waals surface area contributed by atoms with Gasteiger partial charge in [0.25, 0.3) is 11.8 Å². The Morgan fingerprint density at radius 2 is 1.88 bits per heavy atom. The van der Waals surface area contributed by atoms with Gasteiger partial charge in [0, 0.05) is 17.3 Å². The maximum Gasteiger partial charge on any atom is 0.267 e. The highest BCUT2D eigenvalue weighted by Gasteiger charge is 2.14. The van der Waals surface area contributed by atoms with Crippen LogP contribution in [0.5, 0.6) is 0 Å². The number of primary amides is 1. The number of pyridine rings is 1. The highest BCUT2D eigenvalue weighted by Crippen LogP contribution is 2.21. The van der Waals surface area contributed by atoms with Crippen molar-refractivity contribution in [1.82, 2.24) is 15.0 Å². The van der Waals surface area contributed by atoms with Gasteiger partial charge in [0.15, 0.2) is 0 Å². The van der Waals surface area contributed by atoms with E-state index in [4.69, 9.17) is 5.73 Å². The molecule has 120 valence electrons. The molecule has 0 atom stereocenters. The molecule has 0 unspecified atom stereocenters. The Morgan fingerprint density at radius 1 is 1.12 bits per heavy atom. The summed E-state index contributed by atoms with van der Waals surface area (Å²) in [6, 6.07) is 10.4. The van der Waals surface area contributed by atoms with Crippen LogP contribution in [0.4, 0.5) is 5.82 Å². The lowest BCUT2D eigenvalue weighted by Gasteiger charge is -2.06. The number of carbonyl (C=O) groups excluding carboxylic acids is 2. The number of anilines is 1. The van der Waals surface area contributed by atoms with Crippen molar-refractivity contribution in [1.29, 1.82) is 0 Å². The van der Waals surface area contributed by atoms with Crippen molar-refractivity contribution >= 4 is 17.6 Å². The summed E-state index contributed by atoms with van der Waals surface area (Å²) in [5, 5.41) is 2.74. The minimum Gasteiger partial charge on any atom is -0.364 e. The SMILES string of the molecule is Cc1ccnc(NC(=O)c2ccc(-c3nc[nH]c3C(N)=O)cc2)c1. The average molecular weight is 321 g/mol. The summed E-state index contributed by atoms with van der Waals surface area (Å²) in [7, 11) is 0. The Balaban J connectivity index is 1.80. The molecular weight excluding hydrogens is 306 g/mol. The normalized spacial score (nSPS) is 10.4. The van der Waals surface area contributed by atoms with E-state index in [1.807, 2.05) is 13.0 Å². The van der Waals surface area contributed by atoms with Gasteiger partial charge in [-0.25, -0.2) is 9.97 Å². The van der Waals surface area contributed by atoms with Crippen LogP contribution in [0.25, 0.3) is 11.3 Å². The number of aromatic nitrogens is 3. The van der Waals surface area contributed by atoms with Crippen molar-refractivity contribution in [2.75, 3.05) is 5.32 Å². The summed E-state index contributed by atoms with van der Waals surface area (Å²) in [6.45, 7) is 1.92. The first-order valence-electron chi connectivity index (χ1n) is 7.22. The fourth-order valence-corrected chi connectivity index (χ4v) is 2.27. The smallest absolute Gasteiger partial charge is 0.267 e. The molecule has 0 fully saturated rings. The van der Waals surface area contributed by atoms with Gasteiger partial charge in [-0.1, -0.05) is 12.1 Å². The predicted octanol–water partition coefficient (Wildman–Crippen LogP) is 2.13.